The van der Waals surface area contributed by atoms with Crippen molar-refractivity contribution < 1.29 is 22.7 Å². The SMILES string of the molecule is CC(C)(C)OC(=O)N(Cc1cc(C(F)(F)F)ccc1Br)C1CC1. The Hall–Kier alpha value is -1.24. The van der Waals surface area contributed by atoms with Crippen molar-refractivity contribution in [2.45, 2.75) is 58.0 Å². The van der Waals surface area contributed by atoms with Gasteiger partial charge in [-0.3, -0.25) is 0 Å². The third-order valence-corrected chi connectivity index (χ3v) is 4.10. The van der Waals surface area contributed by atoms with Gasteiger partial charge >= 0.3 is 12.3 Å². The van der Waals surface area contributed by atoms with Crippen molar-refractivity contribution >= 4 is 22.0 Å². The normalized spacial score (nSPS) is 15.4. The summed E-state index contributed by atoms with van der Waals surface area (Å²) < 4.78 is 44.5. The van der Waals surface area contributed by atoms with E-state index in [1.54, 1.807) is 20.8 Å². The van der Waals surface area contributed by atoms with Crippen molar-refractivity contribution in [3.8, 4) is 0 Å². The first-order chi connectivity index (χ1) is 10.5. The largest absolute Gasteiger partial charge is 0.444 e. The van der Waals surface area contributed by atoms with Gasteiger partial charge in [-0.2, -0.15) is 13.2 Å². The Kier molecular flexibility index (Phi) is 4.99. The molecule has 23 heavy (non-hydrogen) atoms. The summed E-state index contributed by atoms with van der Waals surface area (Å²) in [6.45, 7) is 5.37. The first-order valence-corrected chi connectivity index (χ1v) is 8.12. The van der Waals surface area contributed by atoms with Crippen molar-refractivity contribution in [2.24, 2.45) is 0 Å². The number of halogens is 4. The minimum Gasteiger partial charge on any atom is -0.444 e. The van der Waals surface area contributed by atoms with Gasteiger partial charge in [0.15, 0.2) is 0 Å². The topological polar surface area (TPSA) is 29.5 Å². The Morgan fingerprint density at radius 3 is 2.39 bits per heavy atom. The van der Waals surface area contributed by atoms with Gasteiger partial charge in [0.05, 0.1) is 12.1 Å². The van der Waals surface area contributed by atoms with E-state index in [9.17, 15) is 18.0 Å². The van der Waals surface area contributed by atoms with Crippen LogP contribution in [0.3, 0.4) is 0 Å². The van der Waals surface area contributed by atoms with E-state index in [0.717, 1.165) is 25.0 Å². The summed E-state index contributed by atoms with van der Waals surface area (Å²) in [5.74, 6) is 0. The van der Waals surface area contributed by atoms with Crippen molar-refractivity contribution in [1.29, 1.82) is 0 Å². The molecule has 0 spiro atoms. The minimum absolute atomic E-state index is 0.0336. The molecule has 0 saturated heterocycles. The molecule has 128 valence electrons. The Balaban J connectivity index is 2.22. The van der Waals surface area contributed by atoms with Gasteiger partial charge < -0.3 is 9.64 Å². The number of rotatable bonds is 3. The van der Waals surface area contributed by atoms with Crippen LogP contribution in [0.2, 0.25) is 0 Å². The van der Waals surface area contributed by atoms with Gasteiger partial charge in [0.25, 0.3) is 0 Å². The molecule has 0 aromatic heterocycles. The fraction of sp³-hybridized carbons (Fsp3) is 0.562. The zero-order valence-electron chi connectivity index (χ0n) is 13.2. The number of ether oxygens (including phenoxy) is 1. The van der Waals surface area contributed by atoms with Crippen molar-refractivity contribution in [3.05, 3.63) is 33.8 Å². The van der Waals surface area contributed by atoms with E-state index in [0.29, 0.717) is 10.0 Å². The number of hydrogen-bond donors (Lipinski definition) is 0. The summed E-state index contributed by atoms with van der Waals surface area (Å²) >= 11 is 3.26. The highest BCUT2D eigenvalue weighted by atomic mass is 79.9. The van der Waals surface area contributed by atoms with Crippen molar-refractivity contribution in [1.82, 2.24) is 4.90 Å². The smallest absolute Gasteiger partial charge is 0.416 e. The first-order valence-electron chi connectivity index (χ1n) is 7.32. The van der Waals surface area contributed by atoms with Gasteiger partial charge in [0.2, 0.25) is 0 Å². The maximum Gasteiger partial charge on any atom is 0.416 e. The minimum atomic E-state index is -4.41. The summed E-state index contributed by atoms with van der Waals surface area (Å²) in [6, 6.07) is 3.48. The highest BCUT2D eigenvalue weighted by Crippen LogP contribution is 2.35. The third kappa shape index (κ3) is 5.12. The number of carbonyl (C=O) groups is 1. The lowest BCUT2D eigenvalue weighted by atomic mass is 10.1. The standard InChI is InChI=1S/C16H19BrF3NO2/c1-15(2,3)23-14(22)21(12-5-6-12)9-10-8-11(16(18,19)20)4-7-13(10)17/h4,7-8,12H,5-6,9H2,1-3H3. The highest BCUT2D eigenvalue weighted by molar-refractivity contribution is 9.10. The van der Waals surface area contributed by atoms with Crippen LogP contribution in [0.25, 0.3) is 0 Å². The van der Waals surface area contributed by atoms with Gasteiger partial charge in [-0.25, -0.2) is 4.79 Å². The van der Waals surface area contributed by atoms with Crippen LogP contribution < -0.4 is 0 Å². The van der Waals surface area contributed by atoms with Crippen LogP contribution in [0, 0.1) is 0 Å². The Morgan fingerprint density at radius 1 is 1.30 bits per heavy atom. The van der Waals surface area contributed by atoms with Crippen LogP contribution in [0.1, 0.15) is 44.7 Å². The lowest BCUT2D eigenvalue weighted by Gasteiger charge is -2.28. The third-order valence-electron chi connectivity index (χ3n) is 3.33. The second-order valence-corrected chi connectivity index (χ2v) is 7.50. The molecule has 0 bridgehead atoms. The molecular formula is C16H19BrF3NO2. The molecular weight excluding hydrogens is 375 g/mol. The highest BCUT2D eigenvalue weighted by Gasteiger charge is 2.36. The first kappa shape index (κ1) is 18.1. The lowest BCUT2D eigenvalue weighted by Crippen LogP contribution is -2.38. The Bertz CT molecular complexity index is 592. The Morgan fingerprint density at radius 2 is 1.91 bits per heavy atom. The maximum absolute atomic E-state index is 12.9. The van der Waals surface area contributed by atoms with Crippen LogP contribution in [-0.2, 0) is 17.5 Å². The molecule has 0 N–H and O–H groups in total. The van der Waals surface area contributed by atoms with E-state index >= 15 is 0 Å². The van der Waals surface area contributed by atoms with Crippen molar-refractivity contribution in [2.75, 3.05) is 0 Å². The summed E-state index contributed by atoms with van der Waals surface area (Å²) in [5.41, 5.74) is -0.955. The molecule has 0 aliphatic heterocycles. The summed E-state index contributed by atoms with van der Waals surface area (Å²) in [4.78, 5) is 13.8. The van der Waals surface area contributed by atoms with Crippen LogP contribution in [0.15, 0.2) is 22.7 Å². The van der Waals surface area contributed by atoms with Crippen LogP contribution in [0.5, 0.6) is 0 Å². The number of carbonyl (C=O) groups excluding carboxylic acids is 1. The van der Waals surface area contributed by atoms with Crippen molar-refractivity contribution in [3.63, 3.8) is 0 Å². The number of amides is 1. The van der Waals surface area contributed by atoms with E-state index in [2.05, 4.69) is 15.9 Å². The molecule has 1 aliphatic carbocycles. The maximum atomic E-state index is 12.9. The van der Waals surface area contributed by atoms with E-state index in [1.807, 2.05) is 0 Å². The summed E-state index contributed by atoms with van der Waals surface area (Å²) in [5, 5.41) is 0. The van der Waals surface area contributed by atoms with Gasteiger partial charge in [-0.15, -0.1) is 0 Å². The molecule has 1 aromatic carbocycles. The molecule has 0 unspecified atom stereocenters. The molecule has 3 nitrogen and oxygen atoms in total. The van der Waals surface area contributed by atoms with Crippen LogP contribution in [0.4, 0.5) is 18.0 Å². The average molecular weight is 394 g/mol. The van der Waals surface area contributed by atoms with Gasteiger partial charge in [0.1, 0.15) is 5.60 Å². The fourth-order valence-electron chi connectivity index (χ4n) is 2.11. The monoisotopic (exact) mass is 393 g/mol. The van der Waals surface area contributed by atoms with E-state index < -0.39 is 23.4 Å². The zero-order valence-corrected chi connectivity index (χ0v) is 14.8. The van der Waals surface area contributed by atoms with Gasteiger partial charge in [-0.05, 0) is 57.4 Å². The molecule has 1 aliphatic rings. The zero-order chi connectivity index (χ0) is 17.4. The quantitative estimate of drug-likeness (QED) is 0.690. The van der Waals surface area contributed by atoms with E-state index in [-0.39, 0.29) is 12.6 Å². The van der Waals surface area contributed by atoms with Crippen LogP contribution in [-0.4, -0.2) is 22.6 Å². The molecule has 1 saturated carbocycles. The molecule has 2 rings (SSSR count). The number of nitrogens with zero attached hydrogens (tertiary/aromatic N) is 1. The molecule has 0 heterocycles. The van der Waals surface area contributed by atoms with E-state index in [4.69, 9.17) is 4.74 Å². The number of alkyl halides is 3. The second-order valence-electron chi connectivity index (χ2n) is 6.64. The summed E-state index contributed by atoms with van der Waals surface area (Å²) in [7, 11) is 0. The Labute approximate surface area is 141 Å². The molecule has 1 amide bonds. The lowest BCUT2D eigenvalue weighted by molar-refractivity contribution is -0.137. The predicted molar refractivity (Wildman–Crippen MR) is 83.9 cm³/mol. The van der Waals surface area contributed by atoms with Gasteiger partial charge in [0, 0.05) is 10.5 Å². The van der Waals surface area contributed by atoms with Gasteiger partial charge in [-0.1, -0.05) is 15.9 Å². The molecule has 1 aromatic rings. The van der Waals surface area contributed by atoms with E-state index in [1.165, 1.54) is 11.0 Å². The molecule has 7 heteroatoms. The molecule has 1 fully saturated rings. The second kappa shape index (κ2) is 6.34. The number of hydrogen-bond acceptors (Lipinski definition) is 2. The fourth-order valence-corrected chi connectivity index (χ4v) is 2.48. The van der Waals surface area contributed by atoms with Crippen LogP contribution >= 0.6 is 15.9 Å². The number of benzene rings is 1. The summed E-state index contributed by atoms with van der Waals surface area (Å²) in [6.07, 6.45) is -3.22. The predicted octanol–water partition coefficient (Wildman–Crippen LogP) is 5.37. The average Bonchev–Trinajstić information content (AvgIpc) is 3.18. The molecule has 0 atom stereocenters. The molecule has 0 radical (unpaired) electrons.